The van der Waals surface area contributed by atoms with E-state index in [9.17, 15) is 9.18 Å². The second kappa shape index (κ2) is 6.27. The molecule has 0 saturated heterocycles. The fraction of sp³-hybridized carbons (Fsp3) is 0.0625. The number of aryl methyl sites for hydroxylation is 1. The quantitative estimate of drug-likeness (QED) is 0.573. The molecule has 2 heterocycles. The van der Waals surface area contributed by atoms with E-state index in [0.717, 1.165) is 5.56 Å². The molecule has 0 aliphatic heterocycles. The molecule has 23 heavy (non-hydrogen) atoms. The van der Waals surface area contributed by atoms with Gasteiger partial charge in [0.1, 0.15) is 11.5 Å². The van der Waals surface area contributed by atoms with Gasteiger partial charge in [0.05, 0.1) is 18.1 Å². The van der Waals surface area contributed by atoms with Crippen LogP contribution in [0.2, 0.25) is 0 Å². The minimum absolute atomic E-state index is 0.305. The van der Waals surface area contributed by atoms with Gasteiger partial charge in [-0.05, 0) is 36.4 Å². The van der Waals surface area contributed by atoms with Gasteiger partial charge in [0, 0.05) is 24.4 Å². The van der Waals surface area contributed by atoms with E-state index in [0.29, 0.717) is 17.0 Å². The highest BCUT2D eigenvalue weighted by atomic mass is 19.1. The van der Waals surface area contributed by atoms with E-state index in [1.54, 1.807) is 48.3 Å². The van der Waals surface area contributed by atoms with E-state index in [2.05, 4.69) is 20.7 Å². The molecular formula is C16H14FN5O. The molecule has 1 aromatic carbocycles. The molecule has 0 spiro atoms. The van der Waals surface area contributed by atoms with Crippen molar-refractivity contribution < 1.29 is 9.18 Å². The van der Waals surface area contributed by atoms with Gasteiger partial charge in [-0.2, -0.15) is 10.2 Å². The predicted molar refractivity (Wildman–Crippen MR) is 84.5 cm³/mol. The van der Waals surface area contributed by atoms with Crippen molar-refractivity contribution in [3.05, 3.63) is 65.9 Å². The Labute approximate surface area is 131 Å². The lowest BCUT2D eigenvalue weighted by molar-refractivity contribution is 0.0947. The number of aromatic amines is 1. The summed E-state index contributed by atoms with van der Waals surface area (Å²) in [6, 6.07) is 9.50. The highest BCUT2D eigenvalue weighted by Crippen LogP contribution is 2.19. The summed E-state index contributed by atoms with van der Waals surface area (Å²) >= 11 is 0. The summed E-state index contributed by atoms with van der Waals surface area (Å²) < 4.78 is 14.7. The van der Waals surface area contributed by atoms with Gasteiger partial charge in [-0.1, -0.05) is 0 Å². The van der Waals surface area contributed by atoms with Crippen molar-refractivity contribution in [1.29, 1.82) is 0 Å². The van der Waals surface area contributed by atoms with Crippen molar-refractivity contribution in [2.24, 2.45) is 12.1 Å². The fourth-order valence-electron chi connectivity index (χ4n) is 2.16. The molecule has 0 saturated carbocycles. The Hall–Kier alpha value is -3.22. The van der Waals surface area contributed by atoms with Gasteiger partial charge in [-0.15, -0.1) is 0 Å². The first kappa shape index (κ1) is 14.7. The number of halogens is 1. The zero-order chi connectivity index (χ0) is 16.2. The molecule has 0 unspecified atom stereocenters. The second-order valence-corrected chi connectivity index (χ2v) is 4.91. The number of aromatic nitrogens is 3. The van der Waals surface area contributed by atoms with Gasteiger partial charge in [0.25, 0.3) is 5.91 Å². The van der Waals surface area contributed by atoms with Crippen molar-refractivity contribution in [1.82, 2.24) is 20.2 Å². The molecule has 6 nitrogen and oxygen atoms in total. The minimum Gasteiger partial charge on any atom is -0.347 e. The number of carbonyl (C=O) groups excluding carboxylic acids is 1. The van der Waals surface area contributed by atoms with Crippen LogP contribution < -0.4 is 5.43 Å². The number of H-pyrrole nitrogens is 1. The number of hydrogen-bond acceptors (Lipinski definition) is 3. The van der Waals surface area contributed by atoms with Crippen molar-refractivity contribution in [2.45, 2.75) is 0 Å². The number of nitrogens with zero attached hydrogens (tertiary/aromatic N) is 3. The zero-order valence-electron chi connectivity index (χ0n) is 12.3. The van der Waals surface area contributed by atoms with E-state index in [1.165, 1.54) is 18.3 Å². The van der Waals surface area contributed by atoms with Crippen LogP contribution in [0.25, 0.3) is 11.3 Å². The first-order chi connectivity index (χ1) is 11.1. The monoisotopic (exact) mass is 311 g/mol. The Balaban J connectivity index is 1.74. The third-order valence-corrected chi connectivity index (χ3v) is 3.35. The van der Waals surface area contributed by atoms with Crippen LogP contribution in [0.15, 0.2) is 53.9 Å². The van der Waals surface area contributed by atoms with Crippen LogP contribution in [0, 0.1) is 5.82 Å². The lowest BCUT2D eigenvalue weighted by atomic mass is 10.1. The topological polar surface area (TPSA) is 75.1 Å². The average Bonchev–Trinajstić information content (AvgIpc) is 3.17. The van der Waals surface area contributed by atoms with Crippen LogP contribution in [-0.4, -0.2) is 26.9 Å². The number of rotatable bonds is 4. The molecule has 0 fully saturated rings. The van der Waals surface area contributed by atoms with Gasteiger partial charge in [-0.25, -0.2) is 9.82 Å². The highest BCUT2D eigenvalue weighted by Gasteiger charge is 2.08. The molecule has 0 aliphatic rings. The fourth-order valence-corrected chi connectivity index (χ4v) is 2.16. The van der Waals surface area contributed by atoms with Gasteiger partial charge in [0.2, 0.25) is 0 Å². The summed E-state index contributed by atoms with van der Waals surface area (Å²) in [6.45, 7) is 0. The van der Waals surface area contributed by atoms with E-state index in [4.69, 9.17) is 0 Å². The maximum Gasteiger partial charge on any atom is 0.287 e. The molecule has 3 rings (SSSR count). The van der Waals surface area contributed by atoms with Gasteiger partial charge in [-0.3, -0.25) is 9.89 Å². The van der Waals surface area contributed by atoms with Crippen molar-refractivity contribution >= 4 is 12.1 Å². The van der Waals surface area contributed by atoms with Crippen LogP contribution >= 0.6 is 0 Å². The second-order valence-electron chi connectivity index (χ2n) is 4.91. The van der Waals surface area contributed by atoms with Crippen molar-refractivity contribution in [2.75, 3.05) is 0 Å². The first-order valence-corrected chi connectivity index (χ1v) is 6.89. The molecule has 7 heteroatoms. The minimum atomic E-state index is -0.307. The third-order valence-electron chi connectivity index (χ3n) is 3.35. The molecule has 2 aromatic heterocycles. The smallest absolute Gasteiger partial charge is 0.287 e. The Morgan fingerprint density at radius 2 is 2.13 bits per heavy atom. The SMILES string of the molecule is Cn1cccc1C(=O)N/N=C/c1cn[nH]c1-c1ccc(F)cc1. The summed E-state index contributed by atoms with van der Waals surface area (Å²) in [4.78, 5) is 11.9. The van der Waals surface area contributed by atoms with Crippen molar-refractivity contribution in [3.63, 3.8) is 0 Å². The Kier molecular flexibility index (Phi) is 4.01. The number of benzene rings is 1. The summed E-state index contributed by atoms with van der Waals surface area (Å²) in [6.07, 6.45) is 4.85. The third kappa shape index (κ3) is 3.18. The van der Waals surface area contributed by atoms with Crippen molar-refractivity contribution in [3.8, 4) is 11.3 Å². The summed E-state index contributed by atoms with van der Waals surface area (Å²) in [5, 5.41) is 10.7. The van der Waals surface area contributed by atoms with Gasteiger partial charge in [0.15, 0.2) is 0 Å². The van der Waals surface area contributed by atoms with Crippen LogP contribution in [0.3, 0.4) is 0 Å². The molecular weight excluding hydrogens is 297 g/mol. The number of nitrogens with one attached hydrogen (secondary N) is 2. The lowest BCUT2D eigenvalue weighted by Crippen LogP contribution is -2.20. The van der Waals surface area contributed by atoms with Crippen LogP contribution in [0.5, 0.6) is 0 Å². The molecule has 1 amide bonds. The van der Waals surface area contributed by atoms with Crippen LogP contribution in [-0.2, 0) is 7.05 Å². The maximum atomic E-state index is 13.0. The van der Waals surface area contributed by atoms with Crippen LogP contribution in [0.4, 0.5) is 4.39 Å². The van der Waals surface area contributed by atoms with E-state index in [1.807, 2.05) is 0 Å². The van der Waals surface area contributed by atoms with E-state index >= 15 is 0 Å². The molecule has 2 N–H and O–H groups in total. The molecule has 0 atom stereocenters. The van der Waals surface area contributed by atoms with Gasteiger partial charge >= 0.3 is 0 Å². The summed E-state index contributed by atoms with van der Waals surface area (Å²) in [5.74, 6) is -0.612. The molecule has 0 bridgehead atoms. The van der Waals surface area contributed by atoms with Gasteiger partial charge < -0.3 is 4.57 Å². The average molecular weight is 311 g/mol. The summed E-state index contributed by atoms with van der Waals surface area (Å²) in [7, 11) is 1.78. The largest absolute Gasteiger partial charge is 0.347 e. The zero-order valence-corrected chi connectivity index (χ0v) is 12.3. The van der Waals surface area contributed by atoms with E-state index < -0.39 is 0 Å². The molecule has 3 aromatic rings. The summed E-state index contributed by atoms with van der Waals surface area (Å²) in [5.41, 5.74) is 5.12. The number of carbonyl (C=O) groups is 1. The standard InChI is InChI=1S/C16H14FN5O/c1-22-8-2-3-14(22)16(23)21-19-10-12-9-18-20-15(12)11-4-6-13(17)7-5-11/h2-10H,1H3,(H,18,20)(H,21,23)/b19-10+. The first-order valence-electron chi connectivity index (χ1n) is 6.89. The Morgan fingerprint density at radius 3 is 2.83 bits per heavy atom. The molecule has 0 aliphatic carbocycles. The number of hydrogen-bond donors (Lipinski definition) is 2. The molecule has 116 valence electrons. The predicted octanol–water partition coefficient (Wildman–Crippen LogP) is 2.32. The van der Waals surface area contributed by atoms with E-state index in [-0.39, 0.29) is 11.7 Å². The Morgan fingerprint density at radius 1 is 1.35 bits per heavy atom. The number of amides is 1. The lowest BCUT2D eigenvalue weighted by Gasteiger charge is -2.01. The van der Waals surface area contributed by atoms with Crippen LogP contribution in [0.1, 0.15) is 16.1 Å². The normalized spacial score (nSPS) is 11.0. The number of hydrazone groups is 1. The highest BCUT2D eigenvalue weighted by molar-refractivity contribution is 5.94. The molecule has 0 radical (unpaired) electrons. The maximum absolute atomic E-state index is 13.0. The Bertz CT molecular complexity index is 847.